The second-order valence-corrected chi connectivity index (χ2v) is 6.64. The van der Waals surface area contributed by atoms with Crippen molar-refractivity contribution in [1.82, 2.24) is 10.2 Å². The molecule has 0 saturated carbocycles. The summed E-state index contributed by atoms with van der Waals surface area (Å²) in [5, 5.41) is 4.85. The molecule has 1 heterocycles. The van der Waals surface area contributed by atoms with Crippen LogP contribution in [0.1, 0.15) is 11.1 Å². The van der Waals surface area contributed by atoms with Gasteiger partial charge in [0.15, 0.2) is 0 Å². The van der Waals surface area contributed by atoms with Gasteiger partial charge in [-0.3, -0.25) is 4.90 Å². The molecule has 2 nitrogen and oxygen atoms in total. The Labute approximate surface area is 142 Å². The zero-order valence-electron chi connectivity index (χ0n) is 12.4. The second kappa shape index (κ2) is 7.47. The van der Waals surface area contributed by atoms with Crippen molar-refractivity contribution in [3.63, 3.8) is 0 Å². The molecule has 22 heavy (non-hydrogen) atoms. The lowest BCUT2D eigenvalue weighted by Crippen LogP contribution is -2.51. The highest BCUT2D eigenvalue weighted by Crippen LogP contribution is 2.23. The standard InChI is InChI=1S/C18H20Cl2N2/c19-17-7-6-15(11-18(17)20)10-16-13-22(9-8-21-16)12-14-4-2-1-3-5-14/h1-7,11,16,21H,8-10,12-13H2/t16-/m1/s1. The number of nitrogens with zero attached hydrogens (tertiary/aromatic N) is 1. The monoisotopic (exact) mass is 334 g/mol. The van der Waals surface area contributed by atoms with Gasteiger partial charge in [0, 0.05) is 32.2 Å². The van der Waals surface area contributed by atoms with Gasteiger partial charge in [-0.05, 0) is 29.7 Å². The van der Waals surface area contributed by atoms with E-state index in [4.69, 9.17) is 23.2 Å². The molecule has 1 aliphatic heterocycles. The van der Waals surface area contributed by atoms with E-state index in [1.807, 2.05) is 12.1 Å². The third-order valence-corrected chi connectivity index (χ3v) is 4.79. The Morgan fingerprint density at radius 2 is 1.82 bits per heavy atom. The van der Waals surface area contributed by atoms with Crippen molar-refractivity contribution < 1.29 is 0 Å². The molecule has 0 aromatic heterocycles. The Balaban J connectivity index is 1.59. The van der Waals surface area contributed by atoms with Gasteiger partial charge in [0.25, 0.3) is 0 Å². The fraction of sp³-hybridized carbons (Fsp3) is 0.333. The van der Waals surface area contributed by atoms with E-state index in [1.54, 1.807) is 0 Å². The summed E-state index contributed by atoms with van der Waals surface area (Å²) < 4.78 is 0. The Bertz CT molecular complexity index is 616. The summed E-state index contributed by atoms with van der Waals surface area (Å²) in [6, 6.07) is 17.0. The molecule has 1 N–H and O–H groups in total. The van der Waals surface area contributed by atoms with Crippen molar-refractivity contribution in [2.24, 2.45) is 0 Å². The van der Waals surface area contributed by atoms with Gasteiger partial charge in [0.1, 0.15) is 0 Å². The van der Waals surface area contributed by atoms with E-state index in [2.05, 4.69) is 46.6 Å². The lowest BCUT2D eigenvalue weighted by atomic mass is 10.0. The Hall–Kier alpha value is -1.06. The van der Waals surface area contributed by atoms with Crippen molar-refractivity contribution in [1.29, 1.82) is 0 Å². The van der Waals surface area contributed by atoms with E-state index in [0.29, 0.717) is 16.1 Å². The van der Waals surface area contributed by atoms with Crippen molar-refractivity contribution in [2.45, 2.75) is 19.0 Å². The highest BCUT2D eigenvalue weighted by molar-refractivity contribution is 6.42. The van der Waals surface area contributed by atoms with Gasteiger partial charge < -0.3 is 5.32 Å². The topological polar surface area (TPSA) is 15.3 Å². The molecule has 0 bridgehead atoms. The first kappa shape index (κ1) is 15.8. The predicted molar refractivity (Wildman–Crippen MR) is 93.7 cm³/mol. The molecule has 2 aromatic carbocycles. The van der Waals surface area contributed by atoms with Crippen molar-refractivity contribution in [3.8, 4) is 0 Å². The summed E-state index contributed by atoms with van der Waals surface area (Å²) in [7, 11) is 0. The van der Waals surface area contributed by atoms with Crippen molar-refractivity contribution in [2.75, 3.05) is 19.6 Å². The van der Waals surface area contributed by atoms with E-state index in [-0.39, 0.29) is 0 Å². The van der Waals surface area contributed by atoms with Gasteiger partial charge in [-0.1, -0.05) is 59.6 Å². The first-order chi connectivity index (χ1) is 10.7. The lowest BCUT2D eigenvalue weighted by Gasteiger charge is -2.34. The number of nitrogens with one attached hydrogen (secondary N) is 1. The molecule has 1 saturated heterocycles. The maximum atomic E-state index is 6.10. The molecule has 0 radical (unpaired) electrons. The van der Waals surface area contributed by atoms with Crippen LogP contribution < -0.4 is 5.32 Å². The maximum Gasteiger partial charge on any atom is 0.0595 e. The Morgan fingerprint density at radius 1 is 1.00 bits per heavy atom. The SMILES string of the molecule is Clc1ccc(C[C@@H]2CN(Cc3ccccc3)CCN2)cc1Cl. The molecule has 2 aromatic rings. The van der Waals surface area contributed by atoms with Gasteiger partial charge in [-0.2, -0.15) is 0 Å². The molecule has 1 atom stereocenters. The quantitative estimate of drug-likeness (QED) is 0.908. The number of piperazine rings is 1. The normalized spacial score (nSPS) is 19.3. The predicted octanol–water partition coefficient (Wildman–Crippen LogP) is 4.01. The minimum absolute atomic E-state index is 0.453. The van der Waals surface area contributed by atoms with Gasteiger partial charge in [0.05, 0.1) is 10.0 Å². The Kier molecular flexibility index (Phi) is 5.37. The van der Waals surface area contributed by atoms with Gasteiger partial charge in [-0.25, -0.2) is 0 Å². The first-order valence-corrected chi connectivity index (χ1v) is 8.40. The number of rotatable bonds is 4. The van der Waals surface area contributed by atoms with Crippen LogP contribution in [0.2, 0.25) is 10.0 Å². The average Bonchev–Trinajstić information content (AvgIpc) is 2.52. The molecule has 1 fully saturated rings. The van der Waals surface area contributed by atoms with Gasteiger partial charge >= 0.3 is 0 Å². The molecule has 1 aliphatic rings. The van der Waals surface area contributed by atoms with Crippen LogP contribution in [-0.2, 0) is 13.0 Å². The largest absolute Gasteiger partial charge is 0.311 e. The highest BCUT2D eigenvalue weighted by Gasteiger charge is 2.19. The van der Waals surface area contributed by atoms with Crippen LogP contribution in [0.25, 0.3) is 0 Å². The molecular formula is C18H20Cl2N2. The number of benzene rings is 2. The van der Waals surface area contributed by atoms with E-state index in [1.165, 1.54) is 11.1 Å². The van der Waals surface area contributed by atoms with Gasteiger partial charge in [0.2, 0.25) is 0 Å². The molecule has 4 heteroatoms. The minimum Gasteiger partial charge on any atom is -0.311 e. The van der Waals surface area contributed by atoms with Crippen molar-refractivity contribution in [3.05, 3.63) is 69.7 Å². The van der Waals surface area contributed by atoms with E-state index < -0.39 is 0 Å². The van der Waals surface area contributed by atoms with Crippen LogP contribution in [-0.4, -0.2) is 30.6 Å². The molecule has 3 rings (SSSR count). The smallest absolute Gasteiger partial charge is 0.0595 e. The molecule has 0 aliphatic carbocycles. The summed E-state index contributed by atoms with van der Waals surface area (Å²) in [5.74, 6) is 0. The summed E-state index contributed by atoms with van der Waals surface area (Å²) >= 11 is 12.1. The lowest BCUT2D eigenvalue weighted by molar-refractivity contribution is 0.192. The van der Waals surface area contributed by atoms with E-state index in [9.17, 15) is 0 Å². The summed E-state index contributed by atoms with van der Waals surface area (Å²) in [5.41, 5.74) is 2.60. The first-order valence-electron chi connectivity index (χ1n) is 7.64. The van der Waals surface area contributed by atoms with Crippen LogP contribution in [0.5, 0.6) is 0 Å². The average molecular weight is 335 g/mol. The fourth-order valence-electron chi connectivity index (χ4n) is 2.97. The van der Waals surface area contributed by atoms with Crippen LogP contribution in [0.3, 0.4) is 0 Å². The maximum absolute atomic E-state index is 6.10. The third kappa shape index (κ3) is 4.23. The van der Waals surface area contributed by atoms with Crippen LogP contribution in [0.4, 0.5) is 0 Å². The molecule has 0 unspecified atom stereocenters. The van der Waals surface area contributed by atoms with E-state index >= 15 is 0 Å². The minimum atomic E-state index is 0.453. The molecule has 0 amide bonds. The van der Waals surface area contributed by atoms with Gasteiger partial charge in [-0.15, -0.1) is 0 Å². The summed E-state index contributed by atoms with van der Waals surface area (Å²) in [6.45, 7) is 4.18. The van der Waals surface area contributed by atoms with Crippen LogP contribution in [0, 0.1) is 0 Å². The third-order valence-electron chi connectivity index (χ3n) is 4.05. The molecule has 0 spiro atoms. The zero-order chi connectivity index (χ0) is 15.4. The number of halogens is 2. The number of hydrogen-bond donors (Lipinski definition) is 1. The van der Waals surface area contributed by atoms with Crippen molar-refractivity contribution >= 4 is 23.2 Å². The van der Waals surface area contributed by atoms with Crippen LogP contribution in [0.15, 0.2) is 48.5 Å². The second-order valence-electron chi connectivity index (χ2n) is 5.82. The van der Waals surface area contributed by atoms with Crippen LogP contribution >= 0.6 is 23.2 Å². The highest BCUT2D eigenvalue weighted by atomic mass is 35.5. The fourth-order valence-corrected chi connectivity index (χ4v) is 3.29. The molecule has 116 valence electrons. The summed E-state index contributed by atoms with van der Waals surface area (Å²) in [6.07, 6.45) is 0.974. The number of hydrogen-bond acceptors (Lipinski definition) is 2. The molecular weight excluding hydrogens is 315 g/mol. The van der Waals surface area contributed by atoms with E-state index in [0.717, 1.165) is 32.6 Å². The zero-order valence-corrected chi connectivity index (χ0v) is 13.9. The summed E-state index contributed by atoms with van der Waals surface area (Å²) in [4.78, 5) is 2.51. The Morgan fingerprint density at radius 3 is 2.59 bits per heavy atom.